The van der Waals surface area contributed by atoms with Crippen LogP contribution in [0.1, 0.15) is 18.4 Å². The van der Waals surface area contributed by atoms with Crippen molar-refractivity contribution in [3.05, 3.63) is 23.5 Å². The monoisotopic (exact) mass is 238 g/mol. The number of hydrogen-bond acceptors (Lipinski definition) is 3. The summed E-state index contributed by atoms with van der Waals surface area (Å²) in [6.07, 6.45) is 2.20. The maximum absolute atomic E-state index is 13.2. The number of nitrogen functional groups attached to an aromatic ring is 1. The molecular weight excluding hydrogens is 219 g/mol. The fourth-order valence-corrected chi connectivity index (χ4v) is 2.07. The van der Waals surface area contributed by atoms with E-state index in [0.717, 1.165) is 38.3 Å². The molecule has 94 valence electrons. The third-order valence-electron chi connectivity index (χ3n) is 3.22. The number of benzene rings is 1. The van der Waals surface area contributed by atoms with E-state index in [1.54, 1.807) is 13.0 Å². The van der Waals surface area contributed by atoms with Crippen LogP contribution in [0.3, 0.4) is 0 Å². The molecule has 0 bridgehead atoms. The minimum atomic E-state index is -0.253. The summed E-state index contributed by atoms with van der Waals surface area (Å²) in [5, 5.41) is 3.26. The lowest BCUT2D eigenvalue weighted by atomic mass is 10.1. The highest BCUT2D eigenvalue weighted by Crippen LogP contribution is 2.23. The number of nitrogens with one attached hydrogen (secondary N) is 1. The summed E-state index contributed by atoms with van der Waals surface area (Å²) in [5.41, 5.74) is 7.66. The molecular formula is C13H19FN2O. The molecule has 0 aromatic heterocycles. The van der Waals surface area contributed by atoms with Crippen molar-refractivity contribution in [3.63, 3.8) is 0 Å². The van der Waals surface area contributed by atoms with E-state index < -0.39 is 0 Å². The van der Waals surface area contributed by atoms with Crippen molar-refractivity contribution >= 4 is 11.4 Å². The van der Waals surface area contributed by atoms with Gasteiger partial charge in [-0.3, -0.25) is 0 Å². The third-order valence-corrected chi connectivity index (χ3v) is 3.22. The highest BCUT2D eigenvalue weighted by molar-refractivity contribution is 5.67. The maximum Gasteiger partial charge on any atom is 0.128 e. The smallest absolute Gasteiger partial charge is 0.128 e. The average Bonchev–Trinajstić information content (AvgIpc) is 2.78. The van der Waals surface area contributed by atoms with E-state index in [4.69, 9.17) is 10.5 Å². The van der Waals surface area contributed by atoms with Crippen molar-refractivity contribution < 1.29 is 9.13 Å². The van der Waals surface area contributed by atoms with Crippen molar-refractivity contribution in [2.45, 2.75) is 19.8 Å². The lowest BCUT2D eigenvalue weighted by Crippen LogP contribution is -2.10. The van der Waals surface area contributed by atoms with Crippen LogP contribution in [0, 0.1) is 18.7 Å². The standard InChI is InChI=1S/C13H19FN2O/c1-9-6-13(12(15)7-11(9)14)16-4-2-10-3-5-17-8-10/h6-7,10,16H,2-5,8,15H2,1H3. The van der Waals surface area contributed by atoms with Crippen LogP contribution in [0.2, 0.25) is 0 Å². The van der Waals surface area contributed by atoms with Gasteiger partial charge in [0.15, 0.2) is 0 Å². The predicted octanol–water partition coefficient (Wildman–Crippen LogP) is 2.55. The molecule has 2 rings (SSSR count). The van der Waals surface area contributed by atoms with Crippen LogP contribution in [0.25, 0.3) is 0 Å². The van der Waals surface area contributed by atoms with Crippen molar-refractivity contribution in [1.29, 1.82) is 0 Å². The third kappa shape index (κ3) is 3.09. The molecule has 1 atom stereocenters. The van der Waals surface area contributed by atoms with Crippen molar-refractivity contribution in [2.24, 2.45) is 5.92 Å². The molecule has 3 nitrogen and oxygen atoms in total. The summed E-state index contributed by atoms with van der Waals surface area (Å²) in [5.74, 6) is 0.391. The van der Waals surface area contributed by atoms with Gasteiger partial charge in [0.05, 0.1) is 11.4 Å². The van der Waals surface area contributed by atoms with E-state index in [9.17, 15) is 4.39 Å². The number of ether oxygens (including phenoxy) is 1. The summed E-state index contributed by atoms with van der Waals surface area (Å²) >= 11 is 0. The number of rotatable bonds is 4. The van der Waals surface area contributed by atoms with Gasteiger partial charge in [-0.05, 0) is 43.4 Å². The van der Waals surface area contributed by atoms with Gasteiger partial charge in [0.25, 0.3) is 0 Å². The number of hydrogen-bond donors (Lipinski definition) is 2. The molecule has 0 aliphatic carbocycles. The first kappa shape index (κ1) is 12.2. The Bertz CT molecular complexity index is 389. The fourth-order valence-electron chi connectivity index (χ4n) is 2.07. The highest BCUT2D eigenvalue weighted by Gasteiger charge is 2.15. The van der Waals surface area contributed by atoms with Crippen LogP contribution >= 0.6 is 0 Å². The summed E-state index contributed by atoms with van der Waals surface area (Å²) in [6, 6.07) is 3.13. The maximum atomic E-state index is 13.2. The Hall–Kier alpha value is -1.29. The van der Waals surface area contributed by atoms with E-state index in [1.807, 2.05) is 0 Å². The average molecular weight is 238 g/mol. The van der Waals surface area contributed by atoms with Gasteiger partial charge in [0.1, 0.15) is 5.82 Å². The second-order valence-electron chi connectivity index (χ2n) is 4.63. The Morgan fingerprint density at radius 3 is 3.06 bits per heavy atom. The highest BCUT2D eigenvalue weighted by atomic mass is 19.1. The molecule has 0 amide bonds. The van der Waals surface area contributed by atoms with Gasteiger partial charge < -0.3 is 15.8 Å². The van der Waals surface area contributed by atoms with Crippen molar-refractivity contribution in [2.75, 3.05) is 30.8 Å². The molecule has 0 spiro atoms. The zero-order valence-corrected chi connectivity index (χ0v) is 10.1. The van der Waals surface area contributed by atoms with E-state index in [2.05, 4.69) is 5.32 Å². The molecule has 1 saturated heterocycles. The van der Waals surface area contributed by atoms with Gasteiger partial charge in [-0.2, -0.15) is 0 Å². The van der Waals surface area contributed by atoms with Crippen LogP contribution in [-0.4, -0.2) is 19.8 Å². The Morgan fingerprint density at radius 1 is 1.53 bits per heavy atom. The topological polar surface area (TPSA) is 47.3 Å². The first-order chi connectivity index (χ1) is 8.16. The minimum Gasteiger partial charge on any atom is -0.397 e. The SMILES string of the molecule is Cc1cc(NCCC2CCOC2)c(N)cc1F. The fraction of sp³-hybridized carbons (Fsp3) is 0.538. The van der Waals surface area contributed by atoms with Gasteiger partial charge in [-0.1, -0.05) is 0 Å². The first-order valence-electron chi connectivity index (χ1n) is 6.04. The lowest BCUT2D eigenvalue weighted by molar-refractivity contribution is 0.185. The van der Waals surface area contributed by atoms with E-state index in [0.29, 0.717) is 17.2 Å². The predicted molar refractivity (Wildman–Crippen MR) is 67.6 cm³/mol. The van der Waals surface area contributed by atoms with Gasteiger partial charge in [0.2, 0.25) is 0 Å². The van der Waals surface area contributed by atoms with Crippen LogP contribution in [0.15, 0.2) is 12.1 Å². The zero-order chi connectivity index (χ0) is 12.3. The van der Waals surface area contributed by atoms with Crippen LogP contribution in [-0.2, 0) is 4.74 Å². The first-order valence-corrected chi connectivity index (χ1v) is 6.04. The number of aryl methyl sites for hydroxylation is 1. The number of anilines is 2. The van der Waals surface area contributed by atoms with E-state index >= 15 is 0 Å². The van der Waals surface area contributed by atoms with Gasteiger partial charge >= 0.3 is 0 Å². The van der Waals surface area contributed by atoms with Gasteiger partial charge in [0, 0.05) is 19.8 Å². The van der Waals surface area contributed by atoms with Crippen molar-refractivity contribution in [1.82, 2.24) is 0 Å². The Balaban J connectivity index is 1.87. The van der Waals surface area contributed by atoms with Crippen LogP contribution in [0.4, 0.5) is 15.8 Å². The molecule has 17 heavy (non-hydrogen) atoms. The zero-order valence-electron chi connectivity index (χ0n) is 10.1. The second kappa shape index (κ2) is 5.36. The van der Waals surface area contributed by atoms with E-state index in [1.165, 1.54) is 6.07 Å². The van der Waals surface area contributed by atoms with Crippen LogP contribution in [0.5, 0.6) is 0 Å². The second-order valence-corrected chi connectivity index (χ2v) is 4.63. The Morgan fingerprint density at radius 2 is 2.35 bits per heavy atom. The van der Waals surface area contributed by atoms with Gasteiger partial charge in [-0.25, -0.2) is 4.39 Å². The Labute approximate surface area is 101 Å². The quantitative estimate of drug-likeness (QED) is 0.792. The molecule has 1 aromatic rings. The Kier molecular flexibility index (Phi) is 3.84. The number of halogens is 1. The molecule has 0 radical (unpaired) electrons. The molecule has 1 aliphatic heterocycles. The molecule has 1 aliphatic rings. The normalized spacial score (nSPS) is 19.5. The molecule has 1 heterocycles. The molecule has 0 saturated carbocycles. The largest absolute Gasteiger partial charge is 0.397 e. The minimum absolute atomic E-state index is 0.253. The molecule has 3 N–H and O–H groups in total. The van der Waals surface area contributed by atoms with Crippen molar-refractivity contribution in [3.8, 4) is 0 Å². The summed E-state index contributed by atoms with van der Waals surface area (Å²) < 4.78 is 18.5. The number of nitrogens with two attached hydrogens (primary N) is 1. The van der Waals surface area contributed by atoms with Gasteiger partial charge in [-0.15, -0.1) is 0 Å². The van der Waals surface area contributed by atoms with Crippen LogP contribution < -0.4 is 11.1 Å². The summed E-state index contributed by atoms with van der Waals surface area (Å²) in [6.45, 7) is 4.33. The van der Waals surface area contributed by atoms with E-state index in [-0.39, 0.29) is 5.82 Å². The molecule has 1 fully saturated rings. The summed E-state index contributed by atoms with van der Waals surface area (Å²) in [4.78, 5) is 0. The molecule has 1 unspecified atom stereocenters. The molecule has 1 aromatic carbocycles. The molecule has 4 heteroatoms. The summed E-state index contributed by atoms with van der Waals surface area (Å²) in [7, 11) is 0. The lowest BCUT2D eigenvalue weighted by Gasteiger charge is -2.12.